The van der Waals surface area contributed by atoms with E-state index in [-0.39, 0.29) is 23.1 Å². The summed E-state index contributed by atoms with van der Waals surface area (Å²) in [7, 11) is 0. The van der Waals surface area contributed by atoms with Crippen molar-refractivity contribution in [1.29, 1.82) is 0 Å². The molecule has 0 fully saturated rings. The Morgan fingerprint density at radius 1 is 1.00 bits per heavy atom. The second-order valence-electron chi connectivity index (χ2n) is 6.11. The van der Waals surface area contributed by atoms with Crippen LogP contribution in [0.1, 0.15) is 28.9 Å². The molecular formula is C21H19NO5. The number of nitrogens with one attached hydrogen (secondary N) is 1. The van der Waals surface area contributed by atoms with Crippen LogP contribution in [-0.2, 0) is 9.53 Å². The first-order valence-electron chi connectivity index (χ1n) is 8.42. The zero-order valence-electron chi connectivity index (χ0n) is 14.7. The van der Waals surface area contributed by atoms with E-state index in [1.807, 2.05) is 37.3 Å². The molecule has 1 atom stereocenters. The van der Waals surface area contributed by atoms with Crippen LogP contribution >= 0.6 is 0 Å². The van der Waals surface area contributed by atoms with Crippen LogP contribution in [0.5, 0.6) is 11.5 Å². The topological polar surface area (TPSA) is 95.9 Å². The van der Waals surface area contributed by atoms with Crippen molar-refractivity contribution in [2.75, 3.05) is 6.61 Å². The fourth-order valence-corrected chi connectivity index (χ4v) is 2.81. The lowest BCUT2D eigenvalue weighted by atomic mass is 10.0. The van der Waals surface area contributed by atoms with Crippen molar-refractivity contribution in [3.05, 3.63) is 71.8 Å². The summed E-state index contributed by atoms with van der Waals surface area (Å²) in [5.74, 6) is -1.82. The summed E-state index contributed by atoms with van der Waals surface area (Å²) in [5.41, 5.74) is 0.726. The molecule has 0 spiro atoms. The zero-order valence-corrected chi connectivity index (χ0v) is 14.7. The molecule has 0 radical (unpaired) electrons. The average molecular weight is 365 g/mol. The molecule has 0 bridgehead atoms. The highest BCUT2D eigenvalue weighted by molar-refractivity contribution is 6.04. The van der Waals surface area contributed by atoms with Crippen molar-refractivity contribution >= 4 is 22.6 Å². The van der Waals surface area contributed by atoms with Gasteiger partial charge in [-0.3, -0.25) is 4.79 Å². The number of phenolic OH excluding ortho intramolecular Hbond substituents is 2. The Morgan fingerprint density at radius 2 is 1.63 bits per heavy atom. The predicted octanol–water partition coefficient (Wildman–Crippen LogP) is 3.29. The Balaban J connectivity index is 1.67. The number of amides is 1. The van der Waals surface area contributed by atoms with Gasteiger partial charge in [-0.25, -0.2) is 4.79 Å². The quantitative estimate of drug-likeness (QED) is 0.476. The van der Waals surface area contributed by atoms with E-state index in [0.717, 1.165) is 11.6 Å². The van der Waals surface area contributed by atoms with Crippen LogP contribution in [0.3, 0.4) is 0 Å². The highest BCUT2D eigenvalue weighted by Gasteiger charge is 2.19. The fourth-order valence-electron chi connectivity index (χ4n) is 2.81. The minimum Gasteiger partial charge on any atom is -0.507 e. The normalized spacial score (nSPS) is 11.7. The first-order chi connectivity index (χ1) is 13.0. The molecule has 0 aliphatic carbocycles. The molecule has 0 aliphatic rings. The van der Waals surface area contributed by atoms with Crippen molar-refractivity contribution in [2.24, 2.45) is 0 Å². The second-order valence-corrected chi connectivity index (χ2v) is 6.11. The van der Waals surface area contributed by atoms with Crippen LogP contribution in [0.25, 0.3) is 10.8 Å². The largest absolute Gasteiger partial charge is 0.507 e. The Labute approximate surface area is 156 Å². The van der Waals surface area contributed by atoms with E-state index in [1.165, 1.54) is 0 Å². The maximum absolute atomic E-state index is 12.2. The third kappa shape index (κ3) is 4.00. The van der Waals surface area contributed by atoms with Gasteiger partial charge >= 0.3 is 5.97 Å². The summed E-state index contributed by atoms with van der Waals surface area (Å²) < 4.78 is 4.99. The molecule has 0 heterocycles. The fraction of sp³-hybridized carbons (Fsp3) is 0.143. The summed E-state index contributed by atoms with van der Waals surface area (Å²) in [6, 6.07) is 16.9. The van der Waals surface area contributed by atoms with Gasteiger partial charge in [-0.1, -0.05) is 54.6 Å². The smallest absolute Gasteiger partial charge is 0.342 e. The third-order valence-corrected chi connectivity index (χ3v) is 4.23. The first kappa shape index (κ1) is 18.3. The van der Waals surface area contributed by atoms with Gasteiger partial charge in [0, 0.05) is 10.8 Å². The molecule has 0 aliphatic heterocycles. The standard InChI is InChI=1S/C21H19NO5/c1-13(14-7-3-2-4-8-14)22-19(24)12-27-21(26)17-11-18(23)15-9-5-6-10-16(15)20(17)25/h2-11,13,23,25H,12H2,1H3,(H,22,24)/t13-/m1/s1. The monoisotopic (exact) mass is 365 g/mol. The number of esters is 1. The minimum atomic E-state index is -0.893. The van der Waals surface area contributed by atoms with Crippen LogP contribution in [0.4, 0.5) is 0 Å². The van der Waals surface area contributed by atoms with E-state index in [0.29, 0.717) is 10.8 Å². The van der Waals surface area contributed by atoms with Crippen molar-refractivity contribution < 1.29 is 24.5 Å². The van der Waals surface area contributed by atoms with Gasteiger partial charge in [0.05, 0.1) is 6.04 Å². The SMILES string of the molecule is C[C@@H](NC(=O)COC(=O)c1cc(O)c2ccccc2c1O)c1ccccc1. The number of benzene rings is 3. The molecule has 1 amide bonds. The van der Waals surface area contributed by atoms with E-state index >= 15 is 0 Å². The summed E-state index contributed by atoms with van der Waals surface area (Å²) in [6.45, 7) is 1.32. The summed E-state index contributed by atoms with van der Waals surface area (Å²) in [5, 5.41) is 23.8. The summed E-state index contributed by atoms with van der Waals surface area (Å²) in [4.78, 5) is 24.3. The lowest BCUT2D eigenvalue weighted by molar-refractivity contribution is -0.124. The highest BCUT2D eigenvalue weighted by Crippen LogP contribution is 2.35. The van der Waals surface area contributed by atoms with Crippen LogP contribution in [0.15, 0.2) is 60.7 Å². The zero-order chi connectivity index (χ0) is 19.4. The highest BCUT2D eigenvalue weighted by atomic mass is 16.5. The van der Waals surface area contributed by atoms with Crippen LogP contribution in [0.2, 0.25) is 0 Å². The van der Waals surface area contributed by atoms with Crippen LogP contribution < -0.4 is 5.32 Å². The Bertz CT molecular complexity index is 985. The third-order valence-electron chi connectivity index (χ3n) is 4.23. The van der Waals surface area contributed by atoms with Gasteiger partial charge in [0.25, 0.3) is 5.91 Å². The van der Waals surface area contributed by atoms with Crippen molar-refractivity contribution in [3.8, 4) is 11.5 Å². The summed E-state index contributed by atoms with van der Waals surface area (Å²) in [6.07, 6.45) is 0. The first-order valence-corrected chi connectivity index (χ1v) is 8.42. The molecule has 138 valence electrons. The lowest BCUT2D eigenvalue weighted by Gasteiger charge is -2.14. The Morgan fingerprint density at radius 3 is 2.33 bits per heavy atom. The van der Waals surface area contributed by atoms with Crippen molar-refractivity contribution in [3.63, 3.8) is 0 Å². The number of hydrogen-bond donors (Lipinski definition) is 3. The molecular weight excluding hydrogens is 346 g/mol. The van der Waals surface area contributed by atoms with Crippen LogP contribution in [-0.4, -0.2) is 28.7 Å². The van der Waals surface area contributed by atoms with E-state index in [9.17, 15) is 19.8 Å². The number of ether oxygens (including phenoxy) is 1. The molecule has 27 heavy (non-hydrogen) atoms. The lowest BCUT2D eigenvalue weighted by Crippen LogP contribution is -2.31. The molecule has 0 saturated heterocycles. The maximum atomic E-state index is 12.2. The van der Waals surface area contributed by atoms with Gasteiger partial charge in [0.15, 0.2) is 6.61 Å². The molecule has 0 aromatic heterocycles. The number of aromatic hydroxyl groups is 2. The van der Waals surface area contributed by atoms with Gasteiger partial charge < -0.3 is 20.3 Å². The molecule has 3 N–H and O–H groups in total. The second kappa shape index (κ2) is 7.78. The minimum absolute atomic E-state index is 0.155. The van der Waals surface area contributed by atoms with Gasteiger partial charge in [-0.2, -0.15) is 0 Å². The number of carbonyl (C=O) groups excluding carboxylic acids is 2. The maximum Gasteiger partial charge on any atom is 0.342 e. The Hall–Kier alpha value is -3.54. The number of hydrogen-bond acceptors (Lipinski definition) is 5. The molecule has 3 aromatic carbocycles. The number of fused-ring (bicyclic) bond motifs is 1. The molecule has 3 aromatic rings. The van der Waals surface area contributed by atoms with E-state index in [2.05, 4.69) is 5.32 Å². The summed E-state index contributed by atoms with van der Waals surface area (Å²) >= 11 is 0. The molecule has 6 nitrogen and oxygen atoms in total. The molecule has 0 unspecified atom stereocenters. The van der Waals surface area contributed by atoms with E-state index in [1.54, 1.807) is 24.3 Å². The molecule has 3 rings (SSSR count). The van der Waals surface area contributed by atoms with Gasteiger partial charge in [0.2, 0.25) is 0 Å². The van der Waals surface area contributed by atoms with E-state index in [4.69, 9.17) is 4.74 Å². The van der Waals surface area contributed by atoms with Crippen molar-refractivity contribution in [1.82, 2.24) is 5.32 Å². The average Bonchev–Trinajstić information content (AvgIpc) is 2.69. The van der Waals surface area contributed by atoms with Gasteiger partial charge in [0.1, 0.15) is 17.1 Å². The van der Waals surface area contributed by atoms with E-state index < -0.39 is 18.5 Å². The van der Waals surface area contributed by atoms with Crippen LogP contribution in [0, 0.1) is 0 Å². The number of carbonyl (C=O) groups is 2. The predicted molar refractivity (Wildman–Crippen MR) is 101 cm³/mol. The number of rotatable bonds is 5. The van der Waals surface area contributed by atoms with Gasteiger partial charge in [-0.15, -0.1) is 0 Å². The molecule has 6 heteroatoms. The van der Waals surface area contributed by atoms with Gasteiger partial charge in [-0.05, 0) is 18.6 Å². The molecule has 0 saturated carbocycles. The number of phenols is 2. The van der Waals surface area contributed by atoms with Crippen molar-refractivity contribution in [2.45, 2.75) is 13.0 Å². The Kier molecular flexibility index (Phi) is 5.26.